The molecule has 1 aromatic rings. The average Bonchev–Trinajstić information content (AvgIpc) is 2.92. The molecule has 1 aromatic heterocycles. The number of aryl methyl sites for hydroxylation is 1. The van der Waals surface area contributed by atoms with E-state index in [0.717, 1.165) is 36.2 Å². The number of rotatable bonds is 4. The maximum Gasteiger partial charge on any atom is 0.129 e. The molecule has 92 valence electrons. The van der Waals surface area contributed by atoms with E-state index in [4.69, 9.17) is 0 Å². The van der Waals surface area contributed by atoms with E-state index in [1.165, 1.54) is 25.7 Å². The molecule has 2 aliphatic carbocycles. The Balaban J connectivity index is 1.66. The summed E-state index contributed by atoms with van der Waals surface area (Å²) in [6.45, 7) is 2.19. The summed E-state index contributed by atoms with van der Waals surface area (Å²) in [7, 11) is 0. The van der Waals surface area contributed by atoms with Crippen LogP contribution < -0.4 is 5.32 Å². The predicted octanol–water partition coefficient (Wildman–Crippen LogP) is 3.03. The topological polar surface area (TPSA) is 37.8 Å². The van der Waals surface area contributed by atoms with Crippen LogP contribution in [0.15, 0.2) is 12.4 Å². The van der Waals surface area contributed by atoms with Gasteiger partial charge in [-0.15, -0.1) is 0 Å². The highest BCUT2D eigenvalue weighted by Gasteiger charge is 2.39. The van der Waals surface area contributed by atoms with E-state index >= 15 is 0 Å². The Labute approximate surface area is 103 Å². The lowest BCUT2D eigenvalue weighted by atomic mass is 9.95. The van der Waals surface area contributed by atoms with Crippen LogP contribution in [0.2, 0.25) is 0 Å². The zero-order valence-corrected chi connectivity index (χ0v) is 10.5. The van der Waals surface area contributed by atoms with Crippen molar-refractivity contribution in [3.05, 3.63) is 18.1 Å². The highest BCUT2D eigenvalue weighted by atomic mass is 15.0. The van der Waals surface area contributed by atoms with Gasteiger partial charge in [0.25, 0.3) is 0 Å². The minimum Gasteiger partial charge on any atom is -0.367 e. The van der Waals surface area contributed by atoms with E-state index in [1.807, 2.05) is 0 Å². The van der Waals surface area contributed by atoms with Crippen LogP contribution in [0.5, 0.6) is 0 Å². The maximum atomic E-state index is 4.35. The summed E-state index contributed by atoms with van der Waals surface area (Å²) in [6, 6.07) is 2.79. The summed E-state index contributed by atoms with van der Waals surface area (Å²) in [5.74, 6) is 2.90. The van der Waals surface area contributed by atoms with Gasteiger partial charge in [0.05, 0.1) is 0 Å². The first-order valence-corrected chi connectivity index (χ1v) is 6.92. The summed E-state index contributed by atoms with van der Waals surface area (Å²) >= 11 is 0. The Bertz CT molecular complexity index is 391. The Morgan fingerprint density at radius 1 is 1.29 bits per heavy atom. The highest BCUT2D eigenvalue weighted by molar-refractivity contribution is 5.37. The summed E-state index contributed by atoms with van der Waals surface area (Å²) in [5, 5.41) is 3.62. The van der Waals surface area contributed by atoms with Gasteiger partial charge in [0.15, 0.2) is 0 Å². The zero-order chi connectivity index (χ0) is 11.7. The van der Waals surface area contributed by atoms with Gasteiger partial charge in [0, 0.05) is 17.8 Å². The van der Waals surface area contributed by atoms with Crippen molar-refractivity contribution in [1.29, 1.82) is 0 Å². The molecule has 2 saturated carbocycles. The smallest absolute Gasteiger partial charge is 0.129 e. The van der Waals surface area contributed by atoms with Crippen LogP contribution in [0.1, 0.15) is 44.7 Å². The van der Waals surface area contributed by atoms with Gasteiger partial charge in [0.2, 0.25) is 0 Å². The van der Waals surface area contributed by atoms with Gasteiger partial charge in [-0.2, -0.15) is 0 Å². The molecule has 0 saturated heterocycles. The molecule has 1 N–H and O–H groups in total. The first kappa shape index (κ1) is 11.0. The summed E-state index contributed by atoms with van der Waals surface area (Å²) < 4.78 is 0. The second-order valence-electron chi connectivity index (χ2n) is 5.57. The van der Waals surface area contributed by atoms with Crippen molar-refractivity contribution in [3.8, 4) is 0 Å². The summed E-state index contributed by atoms with van der Waals surface area (Å²) in [6.07, 6.45) is 9.53. The molecule has 3 unspecified atom stereocenters. The van der Waals surface area contributed by atoms with Gasteiger partial charge < -0.3 is 5.32 Å². The van der Waals surface area contributed by atoms with Crippen molar-refractivity contribution < 1.29 is 0 Å². The molecule has 2 fully saturated rings. The van der Waals surface area contributed by atoms with E-state index in [0.29, 0.717) is 6.04 Å². The van der Waals surface area contributed by atoms with Gasteiger partial charge in [-0.3, -0.25) is 0 Å². The average molecular weight is 231 g/mol. The van der Waals surface area contributed by atoms with Crippen LogP contribution in [0, 0.1) is 11.8 Å². The van der Waals surface area contributed by atoms with Gasteiger partial charge in [-0.25, -0.2) is 9.97 Å². The Morgan fingerprint density at radius 3 is 2.94 bits per heavy atom. The van der Waals surface area contributed by atoms with Crippen LogP contribution in [0.25, 0.3) is 0 Å². The van der Waals surface area contributed by atoms with Gasteiger partial charge >= 0.3 is 0 Å². The number of aromatic nitrogens is 2. The molecule has 17 heavy (non-hydrogen) atoms. The number of nitrogens with zero attached hydrogens (tertiary/aromatic N) is 2. The second-order valence-corrected chi connectivity index (χ2v) is 5.57. The molecule has 0 spiro atoms. The van der Waals surface area contributed by atoms with Crippen molar-refractivity contribution in [3.63, 3.8) is 0 Å². The summed E-state index contributed by atoms with van der Waals surface area (Å²) in [4.78, 5) is 8.65. The molecule has 1 heterocycles. The fourth-order valence-electron chi connectivity index (χ4n) is 3.48. The molecule has 0 aromatic carbocycles. The molecule has 3 heteroatoms. The van der Waals surface area contributed by atoms with Crippen molar-refractivity contribution in [1.82, 2.24) is 9.97 Å². The van der Waals surface area contributed by atoms with Gasteiger partial charge in [-0.05, 0) is 37.5 Å². The molecule has 2 aliphatic rings. The molecular formula is C14H21N3. The first-order valence-electron chi connectivity index (χ1n) is 6.92. The van der Waals surface area contributed by atoms with Crippen LogP contribution in [-0.2, 0) is 6.42 Å². The SMILES string of the molecule is CCCc1cc(NC2CC3CCC2C3)ncn1. The van der Waals surface area contributed by atoms with E-state index in [1.54, 1.807) is 6.33 Å². The summed E-state index contributed by atoms with van der Waals surface area (Å²) in [5.41, 5.74) is 1.16. The van der Waals surface area contributed by atoms with Crippen LogP contribution in [-0.4, -0.2) is 16.0 Å². The number of hydrogen-bond acceptors (Lipinski definition) is 3. The van der Waals surface area contributed by atoms with Crippen LogP contribution in [0.3, 0.4) is 0 Å². The lowest BCUT2D eigenvalue weighted by Gasteiger charge is -2.23. The van der Waals surface area contributed by atoms with E-state index < -0.39 is 0 Å². The number of hydrogen-bond donors (Lipinski definition) is 1. The number of anilines is 1. The lowest BCUT2D eigenvalue weighted by molar-refractivity contribution is 0.439. The van der Waals surface area contributed by atoms with Crippen molar-refractivity contribution >= 4 is 5.82 Å². The third-order valence-corrected chi connectivity index (χ3v) is 4.30. The van der Waals surface area contributed by atoms with Gasteiger partial charge in [0.1, 0.15) is 12.1 Å². The van der Waals surface area contributed by atoms with Crippen LogP contribution in [0.4, 0.5) is 5.82 Å². The number of fused-ring (bicyclic) bond motifs is 2. The maximum absolute atomic E-state index is 4.35. The molecule has 0 radical (unpaired) electrons. The van der Waals surface area contributed by atoms with E-state index in [2.05, 4.69) is 28.3 Å². The second kappa shape index (κ2) is 4.63. The Hall–Kier alpha value is -1.12. The molecular weight excluding hydrogens is 210 g/mol. The quantitative estimate of drug-likeness (QED) is 0.865. The van der Waals surface area contributed by atoms with E-state index in [9.17, 15) is 0 Å². The van der Waals surface area contributed by atoms with E-state index in [-0.39, 0.29) is 0 Å². The van der Waals surface area contributed by atoms with Crippen molar-refractivity contribution in [2.24, 2.45) is 11.8 Å². The molecule has 2 bridgehead atoms. The van der Waals surface area contributed by atoms with Crippen molar-refractivity contribution in [2.45, 2.75) is 51.5 Å². The molecule has 3 rings (SSSR count). The largest absolute Gasteiger partial charge is 0.367 e. The lowest BCUT2D eigenvalue weighted by Crippen LogP contribution is -2.26. The standard InChI is InChI=1S/C14H21N3/c1-2-3-12-8-14(16-9-15-12)17-13-7-10-4-5-11(13)6-10/h8-11,13H,2-7H2,1H3,(H,15,16,17). The molecule has 3 atom stereocenters. The first-order chi connectivity index (χ1) is 8.35. The third-order valence-electron chi connectivity index (χ3n) is 4.30. The normalized spacial score (nSPS) is 30.8. The molecule has 0 aliphatic heterocycles. The third kappa shape index (κ3) is 2.28. The monoisotopic (exact) mass is 231 g/mol. The molecule has 3 nitrogen and oxygen atoms in total. The van der Waals surface area contributed by atoms with Crippen LogP contribution >= 0.6 is 0 Å². The van der Waals surface area contributed by atoms with Gasteiger partial charge in [-0.1, -0.05) is 19.8 Å². The number of nitrogens with one attached hydrogen (secondary N) is 1. The Morgan fingerprint density at radius 2 is 2.24 bits per heavy atom. The molecule has 0 amide bonds. The fraction of sp³-hybridized carbons (Fsp3) is 0.714. The highest BCUT2D eigenvalue weighted by Crippen LogP contribution is 2.45. The minimum absolute atomic E-state index is 0.665. The van der Waals surface area contributed by atoms with Crippen molar-refractivity contribution in [2.75, 3.05) is 5.32 Å². The predicted molar refractivity (Wildman–Crippen MR) is 68.9 cm³/mol. The Kier molecular flexibility index (Phi) is 3.00. The minimum atomic E-state index is 0.665. The fourth-order valence-corrected chi connectivity index (χ4v) is 3.48. The zero-order valence-electron chi connectivity index (χ0n) is 10.5.